The molecular formula is C22H30N4O2. The lowest BCUT2D eigenvalue weighted by Crippen LogP contribution is -2.40. The molecule has 1 amide bonds. The van der Waals surface area contributed by atoms with E-state index < -0.39 is 0 Å². The second-order valence-corrected chi connectivity index (χ2v) is 8.37. The van der Waals surface area contributed by atoms with Crippen LogP contribution in [0.4, 0.5) is 0 Å². The number of carbonyl (C=O) groups is 1. The van der Waals surface area contributed by atoms with E-state index in [1.807, 2.05) is 24.3 Å². The van der Waals surface area contributed by atoms with Gasteiger partial charge in [-0.15, -0.1) is 0 Å². The summed E-state index contributed by atoms with van der Waals surface area (Å²) >= 11 is 0. The van der Waals surface area contributed by atoms with E-state index in [2.05, 4.69) is 29.2 Å². The lowest BCUT2D eigenvalue weighted by atomic mass is 9.92. The molecule has 0 spiro atoms. The highest BCUT2D eigenvalue weighted by Gasteiger charge is 2.23. The molecule has 0 radical (unpaired) electrons. The maximum Gasteiger partial charge on any atom is 0.241 e. The zero-order chi connectivity index (χ0) is 19.5. The van der Waals surface area contributed by atoms with Crippen molar-refractivity contribution in [3.05, 3.63) is 36.0 Å². The number of para-hydroxylation sites is 1. The van der Waals surface area contributed by atoms with Crippen LogP contribution in [-0.2, 0) is 17.9 Å². The molecule has 2 atom stereocenters. The Balaban J connectivity index is 1.28. The average molecular weight is 383 g/mol. The van der Waals surface area contributed by atoms with Gasteiger partial charge in [-0.3, -0.25) is 9.48 Å². The molecule has 6 nitrogen and oxygen atoms in total. The normalized spacial score (nSPS) is 21.5. The minimum Gasteiger partial charge on any atom is -0.488 e. The number of hydrogen-bond acceptors (Lipinski definition) is 4. The molecule has 1 saturated heterocycles. The summed E-state index contributed by atoms with van der Waals surface area (Å²) < 4.78 is 7.55. The van der Waals surface area contributed by atoms with Crippen LogP contribution in [0.5, 0.6) is 5.75 Å². The van der Waals surface area contributed by atoms with Gasteiger partial charge in [0.1, 0.15) is 18.9 Å². The maximum absolute atomic E-state index is 12.4. The molecule has 0 bridgehead atoms. The minimum absolute atomic E-state index is 0.00949. The average Bonchev–Trinajstić information content (AvgIpc) is 3.08. The topological polar surface area (TPSA) is 59.4 Å². The van der Waals surface area contributed by atoms with Crippen molar-refractivity contribution in [3.8, 4) is 17.0 Å². The number of likely N-dealkylation sites (tertiary alicyclic amines) is 1. The first-order chi connectivity index (χ1) is 13.6. The molecule has 3 heterocycles. The fourth-order valence-electron chi connectivity index (χ4n) is 4.60. The molecule has 0 unspecified atom stereocenters. The van der Waals surface area contributed by atoms with Gasteiger partial charge in [-0.25, -0.2) is 0 Å². The van der Waals surface area contributed by atoms with Crippen molar-refractivity contribution in [2.24, 2.45) is 11.8 Å². The predicted octanol–water partition coefficient (Wildman–Crippen LogP) is 2.93. The van der Waals surface area contributed by atoms with Crippen molar-refractivity contribution in [2.75, 3.05) is 26.2 Å². The zero-order valence-corrected chi connectivity index (χ0v) is 16.9. The SMILES string of the molecule is C[C@H]1C[C@H](C)CN(CCCNC(=O)Cn2ncc3c2-c2ccccc2OC3)C1. The van der Waals surface area contributed by atoms with Crippen molar-refractivity contribution in [1.29, 1.82) is 0 Å². The number of amides is 1. The highest BCUT2D eigenvalue weighted by molar-refractivity contribution is 5.78. The Kier molecular flexibility index (Phi) is 5.67. The van der Waals surface area contributed by atoms with Crippen LogP contribution in [0.2, 0.25) is 0 Å². The number of hydrogen-bond donors (Lipinski definition) is 1. The van der Waals surface area contributed by atoms with Crippen LogP contribution in [0.1, 0.15) is 32.3 Å². The van der Waals surface area contributed by atoms with Gasteiger partial charge in [0.25, 0.3) is 0 Å². The Morgan fingerprint density at radius 1 is 1.25 bits per heavy atom. The van der Waals surface area contributed by atoms with Crippen molar-refractivity contribution in [2.45, 2.75) is 39.8 Å². The van der Waals surface area contributed by atoms with Gasteiger partial charge in [-0.1, -0.05) is 26.0 Å². The first-order valence-corrected chi connectivity index (χ1v) is 10.4. The molecule has 1 aromatic heterocycles. The van der Waals surface area contributed by atoms with Gasteiger partial charge >= 0.3 is 0 Å². The Bertz CT molecular complexity index is 822. The van der Waals surface area contributed by atoms with E-state index in [9.17, 15) is 4.79 Å². The van der Waals surface area contributed by atoms with Gasteiger partial charge in [-0.2, -0.15) is 5.10 Å². The molecule has 1 N–H and O–H groups in total. The summed E-state index contributed by atoms with van der Waals surface area (Å²) in [6, 6.07) is 7.92. The highest BCUT2D eigenvalue weighted by atomic mass is 16.5. The first kappa shape index (κ1) is 19.0. The summed E-state index contributed by atoms with van der Waals surface area (Å²) in [7, 11) is 0. The Morgan fingerprint density at radius 2 is 2.04 bits per heavy atom. The largest absolute Gasteiger partial charge is 0.488 e. The fourth-order valence-corrected chi connectivity index (χ4v) is 4.60. The molecule has 1 fully saturated rings. The Hall–Kier alpha value is -2.34. The second-order valence-electron chi connectivity index (χ2n) is 8.37. The zero-order valence-electron chi connectivity index (χ0n) is 16.9. The maximum atomic E-state index is 12.4. The van der Waals surface area contributed by atoms with E-state index in [0.29, 0.717) is 13.2 Å². The number of benzene rings is 1. The standard InChI is InChI=1S/C22H30N4O2/c1-16-10-17(2)13-25(12-16)9-5-8-23-21(27)14-26-22-18(11-24-26)15-28-20-7-4-3-6-19(20)22/h3-4,6-7,11,16-17H,5,8-10,12-15H2,1-2H3,(H,23,27)/t16-,17-/m0/s1. The van der Waals surface area contributed by atoms with Crippen molar-refractivity contribution >= 4 is 5.91 Å². The van der Waals surface area contributed by atoms with Gasteiger partial charge < -0.3 is 15.0 Å². The lowest BCUT2D eigenvalue weighted by Gasteiger charge is -2.34. The van der Waals surface area contributed by atoms with Gasteiger partial charge in [0.2, 0.25) is 5.91 Å². The number of ether oxygens (including phenoxy) is 1. The number of nitrogens with zero attached hydrogens (tertiary/aromatic N) is 3. The summed E-state index contributed by atoms with van der Waals surface area (Å²) in [5.74, 6) is 2.41. The van der Waals surface area contributed by atoms with Crippen LogP contribution >= 0.6 is 0 Å². The second kappa shape index (κ2) is 8.35. The molecule has 6 heteroatoms. The first-order valence-electron chi connectivity index (χ1n) is 10.4. The molecule has 0 aliphatic carbocycles. The minimum atomic E-state index is 0.00949. The Labute approximate surface area is 166 Å². The van der Waals surface area contributed by atoms with E-state index in [4.69, 9.17) is 4.74 Å². The number of piperidine rings is 1. The molecule has 2 aromatic rings. The molecule has 4 rings (SSSR count). The van der Waals surface area contributed by atoms with Crippen molar-refractivity contribution < 1.29 is 9.53 Å². The van der Waals surface area contributed by atoms with Crippen LogP contribution in [0.3, 0.4) is 0 Å². The fraction of sp³-hybridized carbons (Fsp3) is 0.545. The lowest BCUT2D eigenvalue weighted by molar-refractivity contribution is -0.121. The summed E-state index contributed by atoms with van der Waals surface area (Å²) in [6.45, 7) is 9.52. The smallest absolute Gasteiger partial charge is 0.241 e. The van der Waals surface area contributed by atoms with Crippen LogP contribution in [0.15, 0.2) is 30.5 Å². The molecule has 0 saturated carbocycles. The van der Waals surface area contributed by atoms with Crippen molar-refractivity contribution in [3.63, 3.8) is 0 Å². The van der Waals surface area contributed by atoms with Crippen LogP contribution < -0.4 is 10.1 Å². The van der Waals surface area contributed by atoms with E-state index in [0.717, 1.165) is 47.4 Å². The van der Waals surface area contributed by atoms with Crippen LogP contribution in [0, 0.1) is 11.8 Å². The summed E-state index contributed by atoms with van der Waals surface area (Å²) in [6.07, 6.45) is 4.12. The number of carbonyl (C=O) groups excluding carboxylic acids is 1. The molecule has 2 aliphatic heterocycles. The number of rotatable bonds is 6. The van der Waals surface area contributed by atoms with Crippen LogP contribution in [0.25, 0.3) is 11.3 Å². The number of aromatic nitrogens is 2. The molecule has 2 aliphatic rings. The third-order valence-electron chi connectivity index (χ3n) is 5.65. The van der Waals surface area contributed by atoms with Gasteiger partial charge in [0, 0.05) is 30.8 Å². The molecule has 150 valence electrons. The van der Waals surface area contributed by atoms with Gasteiger partial charge in [0.05, 0.1) is 11.9 Å². The third kappa shape index (κ3) is 4.22. The number of nitrogens with one attached hydrogen (secondary N) is 1. The van der Waals surface area contributed by atoms with E-state index in [-0.39, 0.29) is 12.5 Å². The van der Waals surface area contributed by atoms with Gasteiger partial charge in [-0.05, 0) is 43.4 Å². The van der Waals surface area contributed by atoms with E-state index in [1.54, 1.807) is 10.9 Å². The molecule has 1 aromatic carbocycles. The highest BCUT2D eigenvalue weighted by Crippen LogP contribution is 2.36. The Morgan fingerprint density at radius 3 is 2.86 bits per heavy atom. The summed E-state index contributed by atoms with van der Waals surface area (Å²) in [5.41, 5.74) is 3.02. The van der Waals surface area contributed by atoms with Crippen molar-refractivity contribution in [1.82, 2.24) is 20.0 Å². The summed E-state index contributed by atoms with van der Waals surface area (Å²) in [5, 5.41) is 7.48. The molecular weight excluding hydrogens is 352 g/mol. The number of fused-ring (bicyclic) bond motifs is 3. The summed E-state index contributed by atoms with van der Waals surface area (Å²) in [4.78, 5) is 15.0. The monoisotopic (exact) mass is 382 g/mol. The molecule has 28 heavy (non-hydrogen) atoms. The third-order valence-corrected chi connectivity index (χ3v) is 5.65. The van der Waals surface area contributed by atoms with E-state index >= 15 is 0 Å². The quantitative estimate of drug-likeness (QED) is 0.781. The van der Waals surface area contributed by atoms with Gasteiger partial charge in [0.15, 0.2) is 0 Å². The van der Waals surface area contributed by atoms with Crippen LogP contribution in [-0.4, -0.2) is 46.8 Å². The van der Waals surface area contributed by atoms with E-state index in [1.165, 1.54) is 19.5 Å². The predicted molar refractivity (Wildman–Crippen MR) is 109 cm³/mol.